The van der Waals surface area contributed by atoms with Gasteiger partial charge in [0.1, 0.15) is 5.75 Å². The maximum Gasteiger partial charge on any atom is 0.311 e. The van der Waals surface area contributed by atoms with Gasteiger partial charge in [-0.05, 0) is 6.42 Å². The number of benzene rings is 1. The molecule has 0 atom stereocenters. The molecule has 0 amide bonds. The number of rotatable bonds is 6. The van der Waals surface area contributed by atoms with Crippen molar-refractivity contribution < 1.29 is 15.1 Å². The molecule has 0 bridgehead atoms. The molecular weight excluding hydrogens is 318 g/mol. The molecule has 0 fully saturated rings. The number of aromatic nitrogens is 2. The number of phenolic OH excluding ortho intramolecular Hbond substituents is 2. The molecule has 0 unspecified atom stereocenters. The lowest BCUT2D eigenvalue weighted by Gasteiger charge is -2.03. The van der Waals surface area contributed by atoms with E-state index < -0.39 is 16.4 Å². The highest BCUT2D eigenvalue weighted by Crippen LogP contribution is 2.31. The van der Waals surface area contributed by atoms with Crippen LogP contribution >= 0.6 is 0 Å². The van der Waals surface area contributed by atoms with E-state index in [4.69, 9.17) is 0 Å². The van der Waals surface area contributed by atoms with Crippen LogP contribution in [0.15, 0.2) is 28.1 Å². The smallest absolute Gasteiger partial charge is 0.311 e. The molecule has 2 rings (SSSR count). The molecule has 1 aromatic heterocycles. The first-order chi connectivity index (χ1) is 11.4. The van der Waals surface area contributed by atoms with Crippen LogP contribution in [0, 0.1) is 10.1 Å². The summed E-state index contributed by atoms with van der Waals surface area (Å²) < 4.78 is 0. The van der Waals surface area contributed by atoms with Crippen LogP contribution in [0.5, 0.6) is 11.5 Å². The number of H-pyrrole nitrogens is 1. The Hall–Kier alpha value is -3.43. The Morgan fingerprint density at radius 3 is 2.79 bits per heavy atom. The number of anilines is 1. The largest absolute Gasteiger partial charge is 0.507 e. The van der Waals surface area contributed by atoms with Gasteiger partial charge in [0, 0.05) is 29.5 Å². The van der Waals surface area contributed by atoms with Gasteiger partial charge >= 0.3 is 5.69 Å². The predicted molar refractivity (Wildman–Crippen MR) is 86.5 cm³/mol. The summed E-state index contributed by atoms with van der Waals surface area (Å²) in [6.45, 7) is 1.95. The lowest BCUT2D eigenvalue weighted by molar-refractivity contribution is -0.385. The van der Waals surface area contributed by atoms with E-state index in [0.717, 1.165) is 24.8 Å². The summed E-state index contributed by atoms with van der Waals surface area (Å²) in [5.74, 6) is -0.930. The highest BCUT2D eigenvalue weighted by Gasteiger charge is 2.16. The first kappa shape index (κ1) is 16.9. The first-order valence-electron chi connectivity index (χ1n) is 7.00. The second kappa shape index (κ2) is 7.22. The summed E-state index contributed by atoms with van der Waals surface area (Å²) in [7, 11) is 0. The molecule has 10 heteroatoms. The average Bonchev–Trinajstić information content (AvgIpc) is 2.49. The van der Waals surface area contributed by atoms with Crippen molar-refractivity contribution in [3.05, 3.63) is 49.9 Å². The summed E-state index contributed by atoms with van der Waals surface area (Å²) >= 11 is 0. The minimum atomic E-state index is -0.785. The number of hydrazone groups is 1. The minimum Gasteiger partial charge on any atom is -0.507 e. The van der Waals surface area contributed by atoms with E-state index >= 15 is 0 Å². The third-order valence-electron chi connectivity index (χ3n) is 3.00. The van der Waals surface area contributed by atoms with E-state index in [1.165, 1.54) is 6.07 Å². The maximum absolute atomic E-state index is 11.5. The van der Waals surface area contributed by atoms with Crippen molar-refractivity contribution in [1.82, 2.24) is 9.97 Å². The van der Waals surface area contributed by atoms with Crippen LogP contribution in [-0.4, -0.2) is 31.3 Å². The molecular formula is C14H15N5O5. The van der Waals surface area contributed by atoms with Crippen LogP contribution in [0.3, 0.4) is 0 Å². The molecule has 2 aromatic rings. The summed E-state index contributed by atoms with van der Waals surface area (Å²) in [6.07, 6.45) is 2.56. The van der Waals surface area contributed by atoms with Gasteiger partial charge in [-0.1, -0.05) is 13.3 Å². The van der Waals surface area contributed by atoms with Crippen molar-refractivity contribution in [3.8, 4) is 11.5 Å². The van der Waals surface area contributed by atoms with Crippen molar-refractivity contribution >= 4 is 17.9 Å². The van der Waals surface area contributed by atoms with Crippen LogP contribution in [0.1, 0.15) is 24.6 Å². The molecule has 1 heterocycles. The monoisotopic (exact) mass is 333 g/mol. The first-order valence-corrected chi connectivity index (χ1v) is 7.00. The second-order valence-electron chi connectivity index (χ2n) is 4.86. The highest BCUT2D eigenvalue weighted by molar-refractivity contribution is 5.85. The predicted octanol–water partition coefficient (Wildman–Crippen LogP) is 1.49. The number of hydrogen-bond acceptors (Lipinski definition) is 8. The fraction of sp³-hybridized carbons (Fsp3) is 0.214. The topological polar surface area (TPSA) is 154 Å². The van der Waals surface area contributed by atoms with Crippen molar-refractivity contribution in [3.63, 3.8) is 0 Å². The van der Waals surface area contributed by atoms with Crippen molar-refractivity contribution in [1.29, 1.82) is 0 Å². The Kier molecular flexibility index (Phi) is 5.09. The Labute approximate surface area is 135 Å². The number of nitro groups is 1. The van der Waals surface area contributed by atoms with Gasteiger partial charge in [0.15, 0.2) is 5.75 Å². The quantitative estimate of drug-likeness (QED) is 0.354. The van der Waals surface area contributed by atoms with E-state index in [0.29, 0.717) is 12.1 Å². The van der Waals surface area contributed by atoms with Gasteiger partial charge < -0.3 is 10.2 Å². The average molecular weight is 333 g/mol. The van der Waals surface area contributed by atoms with Crippen LogP contribution in [0.4, 0.5) is 11.6 Å². The zero-order valence-electron chi connectivity index (χ0n) is 12.7. The lowest BCUT2D eigenvalue weighted by atomic mass is 10.2. The van der Waals surface area contributed by atoms with E-state index in [-0.39, 0.29) is 22.8 Å². The molecule has 0 radical (unpaired) electrons. The molecule has 4 N–H and O–H groups in total. The molecule has 0 saturated carbocycles. The number of aryl methyl sites for hydroxylation is 1. The summed E-state index contributed by atoms with van der Waals surface area (Å²) in [4.78, 5) is 28.1. The summed E-state index contributed by atoms with van der Waals surface area (Å²) in [6, 6.07) is 3.20. The number of hydrogen-bond donors (Lipinski definition) is 4. The number of nitro benzene ring substituents is 1. The van der Waals surface area contributed by atoms with Crippen molar-refractivity contribution in [2.45, 2.75) is 19.8 Å². The van der Waals surface area contributed by atoms with Gasteiger partial charge in [-0.3, -0.25) is 19.9 Å². The van der Waals surface area contributed by atoms with Crippen LogP contribution in [0.25, 0.3) is 0 Å². The Bertz CT molecular complexity index is 846. The maximum atomic E-state index is 11.5. The van der Waals surface area contributed by atoms with Gasteiger partial charge in [-0.25, -0.2) is 10.4 Å². The molecule has 0 aliphatic rings. The standard InChI is InChI=1S/C14H15N5O5/c1-2-3-9-5-13(22)17-14(16-9)18-15-7-8-4-10(19(23)24)12(21)6-11(8)20/h4-7,20-21H,2-3H2,1H3,(H2,16,17,18,22)/b15-7+. The zero-order chi connectivity index (χ0) is 17.7. The molecule has 1 aromatic carbocycles. The van der Waals surface area contributed by atoms with Gasteiger partial charge in [0.05, 0.1) is 11.1 Å². The molecule has 0 saturated heterocycles. The van der Waals surface area contributed by atoms with Crippen molar-refractivity contribution in [2.24, 2.45) is 5.10 Å². The van der Waals surface area contributed by atoms with Gasteiger partial charge in [-0.2, -0.15) is 5.10 Å². The third kappa shape index (κ3) is 4.06. The fourth-order valence-electron chi connectivity index (χ4n) is 1.94. The number of nitrogens with one attached hydrogen (secondary N) is 2. The van der Waals surface area contributed by atoms with Crippen LogP contribution in [-0.2, 0) is 6.42 Å². The molecule has 10 nitrogen and oxygen atoms in total. The summed E-state index contributed by atoms with van der Waals surface area (Å²) in [5, 5.41) is 33.6. The molecule has 126 valence electrons. The zero-order valence-corrected chi connectivity index (χ0v) is 12.7. The van der Waals surface area contributed by atoms with E-state index in [1.54, 1.807) is 0 Å². The molecule has 0 aliphatic heterocycles. The number of aromatic amines is 1. The molecule has 24 heavy (non-hydrogen) atoms. The van der Waals surface area contributed by atoms with E-state index in [9.17, 15) is 25.1 Å². The fourth-order valence-corrected chi connectivity index (χ4v) is 1.94. The molecule has 0 aliphatic carbocycles. The normalized spacial score (nSPS) is 10.9. The highest BCUT2D eigenvalue weighted by atomic mass is 16.6. The number of nitrogens with zero attached hydrogens (tertiary/aromatic N) is 3. The van der Waals surface area contributed by atoms with Crippen molar-refractivity contribution in [2.75, 3.05) is 5.43 Å². The molecule has 0 spiro atoms. The Morgan fingerprint density at radius 1 is 1.38 bits per heavy atom. The van der Waals surface area contributed by atoms with Gasteiger partial charge in [0.2, 0.25) is 5.95 Å². The Morgan fingerprint density at radius 2 is 2.12 bits per heavy atom. The van der Waals surface area contributed by atoms with Gasteiger partial charge in [0.25, 0.3) is 5.56 Å². The van der Waals surface area contributed by atoms with E-state index in [2.05, 4.69) is 20.5 Å². The SMILES string of the molecule is CCCc1cc(=O)[nH]c(N/N=C/c2cc([N+](=O)[O-])c(O)cc2O)n1. The third-order valence-corrected chi connectivity index (χ3v) is 3.00. The number of phenols is 2. The van der Waals surface area contributed by atoms with Gasteiger partial charge in [-0.15, -0.1) is 0 Å². The summed E-state index contributed by atoms with van der Waals surface area (Å²) in [5.41, 5.74) is 2.19. The second-order valence-corrected chi connectivity index (χ2v) is 4.86. The van der Waals surface area contributed by atoms with Crippen LogP contribution < -0.4 is 11.0 Å². The van der Waals surface area contributed by atoms with Crippen LogP contribution in [0.2, 0.25) is 0 Å². The van der Waals surface area contributed by atoms with E-state index in [1.807, 2.05) is 6.92 Å². The number of aromatic hydroxyl groups is 2. The lowest BCUT2D eigenvalue weighted by Crippen LogP contribution is -2.12. The Balaban J connectivity index is 2.22. The minimum absolute atomic E-state index is 0.0130.